The molecule has 154 valence electrons. The van der Waals surface area contributed by atoms with E-state index in [4.69, 9.17) is 9.72 Å². The number of hydrogen-bond donors (Lipinski definition) is 1. The average Bonchev–Trinajstić information content (AvgIpc) is 3.44. The third-order valence-electron chi connectivity index (χ3n) is 6.35. The Morgan fingerprint density at radius 1 is 1.23 bits per heavy atom. The Bertz CT molecular complexity index is 1090. The number of aryl methyl sites for hydroxylation is 4. The van der Waals surface area contributed by atoms with Crippen molar-refractivity contribution in [1.82, 2.24) is 14.9 Å². The number of benzene rings is 2. The molecule has 30 heavy (non-hydrogen) atoms. The van der Waals surface area contributed by atoms with Crippen LogP contribution in [0.4, 0.5) is 0 Å². The SMILES string of the molecule is COc1cc(CC(=O)N[C@@H]2CCc3ccc(-c4cn5c(n4)CCC5)cc32)ccc1C. The molecular weight excluding hydrogens is 374 g/mol. The van der Waals surface area contributed by atoms with E-state index in [1.54, 1.807) is 7.11 Å². The first-order valence-electron chi connectivity index (χ1n) is 10.7. The first-order chi connectivity index (χ1) is 14.6. The van der Waals surface area contributed by atoms with Crippen LogP contribution in [-0.2, 0) is 30.6 Å². The predicted molar refractivity (Wildman–Crippen MR) is 117 cm³/mol. The van der Waals surface area contributed by atoms with Crippen molar-refractivity contribution >= 4 is 5.91 Å². The number of hydrogen-bond acceptors (Lipinski definition) is 3. The van der Waals surface area contributed by atoms with Gasteiger partial charge in [-0.05, 0) is 60.6 Å². The fourth-order valence-electron chi connectivity index (χ4n) is 4.71. The Morgan fingerprint density at radius 2 is 2.13 bits per heavy atom. The molecule has 5 nitrogen and oxygen atoms in total. The summed E-state index contributed by atoms with van der Waals surface area (Å²) in [4.78, 5) is 17.6. The number of nitrogens with zero attached hydrogens (tertiary/aromatic N) is 2. The molecule has 0 unspecified atom stereocenters. The lowest BCUT2D eigenvalue weighted by Gasteiger charge is -2.15. The summed E-state index contributed by atoms with van der Waals surface area (Å²) in [6, 6.07) is 12.6. The van der Waals surface area contributed by atoms with Crippen molar-refractivity contribution < 1.29 is 9.53 Å². The molecule has 2 aromatic carbocycles. The van der Waals surface area contributed by atoms with E-state index >= 15 is 0 Å². The van der Waals surface area contributed by atoms with Crippen LogP contribution >= 0.6 is 0 Å². The van der Waals surface area contributed by atoms with E-state index in [2.05, 4.69) is 34.3 Å². The summed E-state index contributed by atoms with van der Waals surface area (Å²) in [6.07, 6.45) is 6.72. The quantitative estimate of drug-likeness (QED) is 0.698. The van der Waals surface area contributed by atoms with E-state index in [1.807, 2.05) is 25.1 Å². The Balaban J connectivity index is 1.32. The van der Waals surface area contributed by atoms with Crippen LogP contribution in [0.3, 0.4) is 0 Å². The van der Waals surface area contributed by atoms with Crippen molar-refractivity contribution in [1.29, 1.82) is 0 Å². The number of imidazole rings is 1. The van der Waals surface area contributed by atoms with Crippen molar-refractivity contribution in [2.45, 2.75) is 51.6 Å². The Labute approximate surface area is 177 Å². The first-order valence-corrected chi connectivity index (χ1v) is 10.7. The molecule has 0 saturated heterocycles. The lowest BCUT2D eigenvalue weighted by atomic mass is 10.0. The van der Waals surface area contributed by atoms with E-state index in [-0.39, 0.29) is 11.9 Å². The number of methoxy groups -OCH3 is 1. The second kappa shape index (κ2) is 7.63. The molecule has 1 aliphatic heterocycles. The fourth-order valence-corrected chi connectivity index (χ4v) is 4.71. The summed E-state index contributed by atoms with van der Waals surface area (Å²) in [5, 5.41) is 3.25. The Kier molecular flexibility index (Phi) is 4.81. The normalized spacial score (nSPS) is 16.9. The number of amides is 1. The monoisotopic (exact) mass is 401 g/mol. The van der Waals surface area contributed by atoms with Gasteiger partial charge < -0.3 is 14.6 Å². The molecule has 3 aromatic rings. The minimum absolute atomic E-state index is 0.0464. The summed E-state index contributed by atoms with van der Waals surface area (Å²) < 4.78 is 7.65. The highest BCUT2D eigenvalue weighted by molar-refractivity contribution is 5.79. The third-order valence-corrected chi connectivity index (χ3v) is 6.35. The fraction of sp³-hybridized carbons (Fsp3) is 0.360. The van der Waals surface area contributed by atoms with Gasteiger partial charge in [0.05, 0.1) is 25.3 Å². The molecule has 0 spiro atoms. The molecule has 0 radical (unpaired) electrons. The number of rotatable bonds is 5. The molecule has 0 saturated carbocycles. The van der Waals surface area contributed by atoms with Crippen molar-refractivity contribution in [3.8, 4) is 17.0 Å². The zero-order valence-corrected chi connectivity index (χ0v) is 17.6. The molecule has 1 aromatic heterocycles. The Hall–Kier alpha value is -3.08. The van der Waals surface area contributed by atoms with Gasteiger partial charge in [-0.25, -0.2) is 4.98 Å². The number of carbonyl (C=O) groups excluding carboxylic acids is 1. The van der Waals surface area contributed by atoms with Crippen LogP contribution in [0.2, 0.25) is 0 Å². The highest BCUT2D eigenvalue weighted by Gasteiger charge is 2.25. The number of aromatic nitrogens is 2. The maximum absolute atomic E-state index is 12.7. The zero-order valence-electron chi connectivity index (χ0n) is 17.6. The van der Waals surface area contributed by atoms with Crippen molar-refractivity contribution in [2.75, 3.05) is 7.11 Å². The molecule has 0 bridgehead atoms. The van der Waals surface area contributed by atoms with Gasteiger partial charge in [0, 0.05) is 24.7 Å². The second-order valence-electron chi connectivity index (χ2n) is 8.39. The van der Waals surface area contributed by atoms with Gasteiger partial charge in [0.25, 0.3) is 0 Å². The van der Waals surface area contributed by atoms with Gasteiger partial charge in [-0.1, -0.05) is 24.3 Å². The predicted octanol–water partition coefficient (Wildman–Crippen LogP) is 4.16. The largest absolute Gasteiger partial charge is 0.496 e. The van der Waals surface area contributed by atoms with E-state index < -0.39 is 0 Å². The maximum atomic E-state index is 12.7. The van der Waals surface area contributed by atoms with Crippen LogP contribution in [0, 0.1) is 6.92 Å². The van der Waals surface area contributed by atoms with Crippen LogP contribution in [0.1, 0.15) is 47.0 Å². The van der Waals surface area contributed by atoms with Crippen LogP contribution in [0.5, 0.6) is 5.75 Å². The topological polar surface area (TPSA) is 56.1 Å². The highest BCUT2D eigenvalue weighted by Crippen LogP contribution is 2.35. The summed E-state index contributed by atoms with van der Waals surface area (Å²) in [5.74, 6) is 2.05. The van der Waals surface area contributed by atoms with Gasteiger partial charge in [0.15, 0.2) is 0 Å². The summed E-state index contributed by atoms with van der Waals surface area (Å²) in [5.41, 5.74) is 6.78. The van der Waals surface area contributed by atoms with Crippen LogP contribution < -0.4 is 10.1 Å². The second-order valence-corrected chi connectivity index (χ2v) is 8.39. The summed E-state index contributed by atoms with van der Waals surface area (Å²) >= 11 is 0. The van der Waals surface area contributed by atoms with Gasteiger partial charge in [0.2, 0.25) is 5.91 Å². The van der Waals surface area contributed by atoms with Gasteiger partial charge in [-0.15, -0.1) is 0 Å². The number of nitrogens with one attached hydrogen (secondary N) is 1. The molecule has 1 aliphatic carbocycles. The van der Waals surface area contributed by atoms with Crippen molar-refractivity contribution in [3.63, 3.8) is 0 Å². The van der Waals surface area contributed by atoms with Gasteiger partial charge in [0.1, 0.15) is 11.6 Å². The average molecular weight is 402 g/mol. The number of fused-ring (bicyclic) bond motifs is 2. The minimum atomic E-state index is 0.0464. The van der Waals surface area contributed by atoms with Gasteiger partial charge >= 0.3 is 0 Å². The molecule has 1 atom stereocenters. The van der Waals surface area contributed by atoms with Crippen molar-refractivity contribution in [3.05, 3.63) is 70.7 Å². The van der Waals surface area contributed by atoms with Crippen LogP contribution in [0.15, 0.2) is 42.6 Å². The molecule has 1 amide bonds. The maximum Gasteiger partial charge on any atom is 0.224 e. The van der Waals surface area contributed by atoms with Gasteiger partial charge in [-0.3, -0.25) is 4.79 Å². The molecule has 2 heterocycles. The van der Waals surface area contributed by atoms with Crippen molar-refractivity contribution in [2.24, 2.45) is 0 Å². The lowest BCUT2D eigenvalue weighted by molar-refractivity contribution is -0.121. The zero-order chi connectivity index (χ0) is 20.7. The highest BCUT2D eigenvalue weighted by atomic mass is 16.5. The van der Waals surface area contributed by atoms with E-state index in [9.17, 15) is 4.79 Å². The Morgan fingerprint density at radius 3 is 2.97 bits per heavy atom. The smallest absolute Gasteiger partial charge is 0.224 e. The minimum Gasteiger partial charge on any atom is -0.496 e. The number of ether oxygens (including phenoxy) is 1. The number of carbonyl (C=O) groups is 1. The molecule has 5 heteroatoms. The lowest BCUT2D eigenvalue weighted by Crippen LogP contribution is -2.28. The molecule has 0 fully saturated rings. The molecule has 1 N–H and O–H groups in total. The van der Waals surface area contributed by atoms with E-state index in [0.717, 1.165) is 53.9 Å². The van der Waals surface area contributed by atoms with E-state index in [1.165, 1.54) is 23.4 Å². The van der Waals surface area contributed by atoms with Crippen LogP contribution in [0.25, 0.3) is 11.3 Å². The van der Waals surface area contributed by atoms with E-state index in [0.29, 0.717) is 6.42 Å². The first kappa shape index (κ1) is 18.9. The van der Waals surface area contributed by atoms with Crippen LogP contribution in [-0.4, -0.2) is 22.6 Å². The molecule has 2 aliphatic rings. The van der Waals surface area contributed by atoms with Gasteiger partial charge in [-0.2, -0.15) is 0 Å². The summed E-state index contributed by atoms with van der Waals surface area (Å²) in [6.45, 7) is 3.07. The summed E-state index contributed by atoms with van der Waals surface area (Å²) in [7, 11) is 1.66. The standard InChI is InChI=1S/C25H27N3O2/c1-16-5-6-17(12-23(16)30-2)13-25(29)27-21-10-9-18-7-8-19(14-20(18)21)22-15-28-11-3-4-24(28)26-22/h5-8,12,14-15,21H,3-4,9-11,13H2,1-2H3,(H,27,29)/t21-/m1/s1. The third kappa shape index (κ3) is 3.49. The molecular formula is C25H27N3O2. The molecule has 5 rings (SSSR count).